The maximum absolute atomic E-state index is 13.0. The maximum atomic E-state index is 13.0. The molecule has 1 saturated heterocycles. The van der Waals surface area contributed by atoms with Gasteiger partial charge < -0.3 is 5.11 Å². The summed E-state index contributed by atoms with van der Waals surface area (Å²) in [4.78, 5) is 31.5. The summed E-state index contributed by atoms with van der Waals surface area (Å²) >= 11 is 6.13. The van der Waals surface area contributed by atoms with E-state index in [9.17, 15) is 14.7 Å². The largest absolute Gasteiger partial charge is 0.507 e. The van der Waals surface area contributed by atoms with Crippen molar-refractivity contribution in [2.45, 2.75) is 19.4 Å². The number of aliphatic hydroxyl groups excluding tert-OH is 1. The monoisotopic (exact) mass is 418 g/mol. The first-order valence-electron chi connectivity index (χ1n) is 9.57. The standard InChI is InChI=1S/C24H19ClN2O3/c1-2-15-6-8-17(9-7-15)22(28)20-21(16-10-12-26-13-11-16)27(24(30)23(20)29)19-5-3-4-18(25)14-19/h3-14,21,28H,2H2,1H3/b22-20+. The van der Waals surface area contributed by atoms with Gasteiger partial charge >= 0.3 is 0 Å². The van der Waals surface area contributed by atoms with E-state index >= 15 is 0 Å². The summed E-state index contributed by atoms with van der Waals surface area (Å²) in [6, 6.07) is 16.7. The number of pyridine rings is 1. The maximum Gasteiger partial charge on any atom is 0.300 e. The van der Waals surface area contributed by atoms with Crippen molar-refractivity contribution in [2.24, 2.45) is 0 Å². The average Bonchev–Trinajstić information content (AvgIpc) is 3.04. The van der Waals surface area contributed by atoms with E-state index in [1.54, 1.807) is 60.9 Å². The predicted molar refractivity (Wildman–Crippen MR) is 116 cm³/mol. The molecule has 4 rings (SSSR count). The Balaban J connectivity index is 1.92. The van der Waals surface area contributed by atoms with Crippen molar-refractivity contribution in [1.29, 1.82) is 0 Å². The molecule has 0 spiro atoms. The van der Waals surface area contributed by atoms with E-state index in [-0.39, 0.29) is 11.3 Å². The minimum Gasteiger partial charge on any atom is -0.507 e. The van der Waals surface area contributed by atoms with Gasteiger partial charge in [0, 0.05) is 28.7 Å². The second-order valence-corrected chi connectivity index (χ2v) is 7.42. The number of nitrogens with zero attached hydrogens (tertiary/aromatic N) is 2. The zero-order chi connectivity index (χ0) is 21.3. The molecule has 150 valence electrons. The van der Waals surface area contributed by atoms with Crippen molar-refractivity contribution < 1.29 is 14.7 Å². The lowest BCUT2D eigenvalue weighted by atomic mass is 9.95. The molecule has 3 aromatic rings. The highest BCUT2D eigenvalue weighted by Gasteiger charge is 2.47. The highest BCUT2D eigenvalue weighted by atomic mass is 35.5. The topological polar surface area (TPSA) is 70.5 Å². The predicted octanol–water partition coefficient (Wildman–Crippen LogP) is 4.92. The first-order valence-corrected chi connectivity index (χ1v) is 9.95. The fraction of sp³-hybridized carbons (Fsp3) is 0.125. The molecule has 6 heteroatoms. The van der Waals surface area contributed by atoms with Gasteiger partial charge in [-0.3, -0.25) is 19.5 Å². The van der Waals surface area contributed by atoms with E-state index in [1.807, 2.05) is 19.1 Å². The highest BCUT2D eigenvalue weighted by Crippen LogP contribution is 2.42. The van der Waals surface area contributed by atoms with Crippen LogP contribution in [0.4, 0.5) is 5.69 Å². The Kier molecular flexibility index (Phi) is 5.38. The molecule has 1 unspecified atom stereocenters. The summed E-state index contributed by atoms with van der Waals surface area (Å²) in [6.07, 6.45) is 4.03. The number of amides is 1. The van der Waals surface area contributed by atoms with Gasteiger partial charge in [-0.05, 0) is 47.9 Å². The van der Waals surface area contributed by atoms with E-state index in [4.69, 9.17) is 11.6 Å². The van der Waals surface area contributed by atoms with Crippen LogP contribution in [0, 0.1) is 0 Å². The minimum atomic E-state index is -0.794. The lowest BCUT2D eigenvalue weighted by molar-refractivity contribution is -0.132. The van der Waals surface area contributed by atoms with Gasteiger partial charge in [0.2, 0.25) is 0 Å². The van der Waals surface area contributed by atoms with Gasteiger partial charge in [0.05, 0.1) is 11.6 Å². The second kappa shape index (κ2) is 8.13. The van der Waals surface area contributed by atoms with Gasteiger partial charge in [0.1, 0.15) is 5.76 Å². The number of aryl methyl sites for hydroxylation is 1. The molecule has 30 heavy (non-hydrogen) atoms. The zero-order valence-corrected chi connectivity index (χ0v) is 17.0. The number of benzene rings is 2. The molecule has 1 N–H and O–H groups in total. The van der Waals surface area contributed by atoms with Crippen LogP contribution in [0.2, 0.25) is 5.02 Å². The van der Waals surface area contributed by atoms with Crippen molar-refractivity contribution >= 4 is 34.7 Å². The normalized spacial score (nSPS) is 18.1. The molecule has 5 nitrogen and oxygen atoms in total. The Bertz CT molecular complexity index is 1140. The molecular formula is C24H19ClN2O3. The van der Waals surface area contributed by atoms with Crippen LogP contribution in [0.5, 0.6) is 0 Å². The van der Waals surface area contributed by atoms with Crippen molar-refractivity contribution in [1.82, 2.24) is 4.98 Å². The molecule has 0 bridgehead atoms. The Labute approximate surface area is 179 Å². The van der Waals surface area contributed by atoms with Crippen molar-refractivity contribution in [2.75, 3.05) is 4.90 Å². The molecule has 1 fully saturated rings. The third kappa shape index (κ3) is 3.48. The number of Topliss-reactive ketones (excluding diaryl/α,β-unsaturated/α-hetero) is 1. The first kappa shape index (κ1) is 19.9. The van der Waals surface area contributed by atoms with Crippen LogP contribution in [0.15, 0.2) is 78.6 Å². The molecule has 1 amide bonds. The number of carbonyl (C=O) groups excluding carboxylic acids is 2. The van der Waals surface area contributed by atoms with Crippen molar-refractivity contribution in [3.63, 3.8) is 0 Å². The summed E-state index contributed by atoms with van der Waals surface area (Å²) in [5, 5.41) is 11.5. The van der Waals surface area contributed by atoms with Crippen LogP contribution in [-0.4, -0.2) is 21.8 Å². The van der Waals surface area contributed by atoms with Gasteiger partial charge in [-0.1, -0.05) is 48.9 Å². The quantitative estimate of drug-likeness (QED) is 0.370. The molecule has 2 aromatic carbocycles. The smallest absolute Gasteiger partial charge is 0.300 e. The van der Waals surface area contributed by atoms with E-state index in [1.165, 1.54) is 4.90 Å². The molecule has 1 atom stereocenters. The van der Waals surface area contributed by atoms with Crippen LogP contribution >= 0.6 is 11.6 Å². The van der Waals surface area contributed by atoms with E-state index < -0.39 is 17.7 Å². The number of rotatable bonds is 4. The first-order chi connectivity index (χ1) is 14.5. The van der Waals surface area contributed by atoms with E-state index in [0.29, 0.717) is 21.8 Å². The molecule has 0 aliphatic carbocycles. The summed E-state index contributed by atoms with van der Waals surface area (Å²) in [6.45, 7) is 2.04. The molecule has 0 saturated carbocycles. The summed E-state index contributed by atoms with van der Waals surface area (Å²) in [5.41, 5.74) is 2.77. The summed E-state index contributed by atoms with van der Waals surface area (Å²) in [7, 11) is 0. The SMILES string of the molecule is CCc1ccc(/C(O)=C2\C(=O)C(=O)N(c3cccc(Cl)c3)C2c2ccncc2)cc1. The average molecular weight is 419 g/mol. The molecule has 0 radical (unpaired) electrons. The lowest BCUT2D eigenvalue weighted by Crippen LogP contribution is -2.29. The van der Waals surface area contributed by atoms with E-state index in [0.717, 1.165) is 12.0 Å². The number of aromatic nitrogens is 1. The molecule has 1 aliphatic heterocycles. The Morgan fingerprint density at radius 2 is 1.77 bits per heavy atom. The van der Waals surface area contributed by atoms with Gasteiger partial charge in [-0.25, -0.2) is 0 Å². The fourth-order valence-corrected chi connectivity index (χ4v) is 3.82. The number of hydrogen-bond acceptors (Lipinski definition) is 4. The van der Waals surface area contributed by atoms with Gasteiger partial charge in [0.15, 0.2) is 0 Å². The Morgan fingerprint density at radius 3 is 2.40 bits per heavy atom. The second-order valence-electron chi connectivity index (χ2n) is 6.98. The number of halogens is 1. The van der Waals surface area contributed by atoms with Crippen LogP contribution in [-0.2, 0) is 16.0 Å². The number of hydrogen-bond donors (Lipinski definition) is 1. The molecule has 1 aromatic heterocycles. The Morgan fingerprint density at radius 1 is 1.07 bits per heavy atom. The highest BCUT2D eigenvalue weighted by molar-refractivity contribution is 6.51. The van der Waals surface area contributed by atoms with Gasteiger partial charge in [0.25, 0.3) is 11.7 Å². The van der Waals surface area contributed by atoms with Crippen molar-refractivity contribution in [3.05, 3.63) is 100 Å². The summed E-state index contributed by atoms with van der Waals surface area (Å²) < 4.78 is 0. The third-order valence-electron chi connectivity index (χ3n) is 5.19. The summed E-state index contributed by atoms with van der Waals surface area (Å²) in [5.74, 6) is -1.66. The molecule has 1 aliphatic rings. The van der Waals surface area contributed by atoms with Crippen LogP contribution in [0.1, 0.15) is 29.7 Å². The fourth-order valence-electron chi connectivity index (χ4n) is 3.64. The van der Waals surface area contributed by atoms with Gasteiger partial charge in [-0.15, -0.1) is 0 Å². The van der Waals surface area contributed by atoms with Crippen LogP contribution < -0.4 is 4.90 Å². The number of aliphatic hydroxyl groups is 1. The number of ketones is 1. The Hall–Kier alpha value is -3.44. The zero-order valence-electron chi connectivity index (χ0n) is 16.2. The van der Waals surface area contributed by atoms with E-state index in [2.05, 4.69) is 4.98 Å². The van der Waals surface area contributed by atoms with Crippen molar-refractivity contribution in [3.8, 4) is 0 Å². The minimum absolute atomic E-state index is 0.0374. The third-order valence-corrected chi connectivity index (χ3v) is 5.42. The number of carbonyl (C=O) groups is 2. The molecular weight excluding hydrogens is 400 g/mol. The van der Waals surface area contributed by atoms with Crippen LogP contribution in [0.3, 0.4) is 0 Å². The van der Waals surface area contributed by atoms with Crippen LogP contribution in [0.25, 0.3) is 5.76 Å². The van der Waals surface area contributed by atoms with Gasteiger partial charge in [-0.2, -0.15) is 0 Å². The number of anilines is 1. The lowest BCUT2D eigenvalue weighted by Gasteiger charge is -2.25. The molecule has 2 heterocycles.